The van der Waals surface area contributed by atoms with Crippen molar-refractivity contribution in [1.82, 2.24) is 5.32 Å². The molecule has 54 valence electrons. The molecule has 0 amide bonds. The Kier molecular flexibility index (Phi) is 2.49. The SMILES string of the molecule is CC[C@@H](O)[C@H]1CCCN1. The molecule has 1 aliphatic rings. The lowest BCUT2D eigenvalue weighted by Crippen LogP contribution is -2.33. The molecule has 1 rings (SSSR count). The molecule has 0 aromatic carbocycles. The van der Waals surface area contributed by atoms with Crippen LogP contribution in [0.2, 0.25) is 0 Å². The van der Waals surface area contributed by atoms with E-state index in [2.05, 4.69) is 5.32 Å². The minimum Gasteiger partial charge on any atom is -0.392 e. The Labute approximate surface area is 56.3 Å². The van der Waals surface area contributed by atoms with Gasteiger partial charge < -0.3 is 10.4 Å². The van der Waals surface area contributed by atoms with Crippen LogP contribution in [-0.2, 0) is 0 Å². The predicted molar refractivity (Wildman–Crippen MR) is 37.3 cm³/mol. The largest absolute Gasteiger partial charge is 0.392 e. The van der Waals surface area contributed by atoms with Gasteiger partial charge in [-0.25, -0.2) is 0 Å². The third-order valence-electron chi connectivity index (χ3n) is 1.98. The first-order valence-corrected chi connectivity index (χ1v) is 3.76. The second kappa shape index (κ2) is 3.18. The molecule has 2 heteroatoms. The Morgan fingerprint density at radius 1 is 1.78 bits per heavy atom. The third-order valence-corrected chi connectivity index (χ3v) is 1.98. The molecule has 0 bridgehead atoms. The molecule has 2 atom stereocenters. The Hall–Kier alpha value is -0.0800. The van der Waals surface area contributed by atoms with Crippen LogP contribution in [0.4, 0.5) is 0 Å². The summed E-state index contributed by atoms with van der Waals surface area (Å²) in [6.07, 6.45) is 3.13. The number of aliphatic hydroxyl groups excluding tert-OH is 1. The monoisotopic (exact) mass is 129 g/mol. The highest BCUT2D eigenvalue weighted by molar-refractivity contribution is 4.79. The minimum atomic E-state index is -0.118. The maximum Gasteiger partial charge on any atom is 0.0690 e. The molecule has 0 aromatic rings. The van der Waals surface area contributed by atoms with E-state index in [1.165, 1.54) is 6.42 Å². The summed E-state index contributed by atoms with van der Waals surface area (Å²) in [5.41, 5.74) is 0. The van der Waals surface area contributed by atoms with Gasteiger partial charge in [0.2, 0.25) is 0 Å². The van der Waals surface area contributed by atoms with Crippen LogP contribution in [0.5, 0.6) is 0 Å². The second-order valence-corrected chi connectivity index (χ2v) is 2.68. The minimum absolute atomic E-state index is 0.118. The fourth-order valence-electron chi connectivity index (χ4n) is 1.32. The molecule has 1 aliphatic heterocycles. The fourth-order valence-corrected chi connectivity index (χ4v) is 1.32. The van der Waals surface area contributed by atoms with E-state index in [1.54, 1.807) is 0 Å². The van der Waals surface area contributed by atoms with E-state index in [0.717, 1.165) is 19.4 Å². The summed E-state index contributed by atoms with van der Waals surface area (Å²) in [5, 5.41) is 12.6. The van der Waals surface area contributed by atoms with Crippen LogP contribution in [0, 0.1) is 0 Å². The highest BCUT2D eigenvalue weighted by Crippen LogP contribution is 2.10. The van der Waals surface area contributed by atoms with Gasteiger partial charge in [-0.05, 0) is 25.8 Å². The van der Waals surface area contributed by atoms with Gasteiger partial charge in [-0.1, -0.05) is 6.92 Å². The van der Waals surface area contributed by atoms with E-state index >= 15 is 0 Å². The first-order valence-electron chi connectivity index (χ1n) is 3.76. The van der Waals surface area contributed by atoms with Gasteiger partial charge in [-0.15, -0.1) is 0 Å². The third kappa shape index (κ3) is 1.66. The molecule has 0 radical (unpaired) electrons. The van der Waals surface area contributed by atoms with Gasteiger partial charge in [-0.3, -0.25) is 0 Å². The summed E-state index contributed by atoms with van der Waals surface area (Å²) in [4.78, 5) is 0. The van der Waals surface area contributed by atoms with Crippen LogP contribution in [-0.4, -0.2) is 23.8 Å². The van der Waals surface area contributed by atoms with Crippen molar-refractivity contribution in [2.45, 2.75) is 38.3 Å². The second-order valence-electron chi connectivity index (χ2n) is 2.68. The van der Waals surface area contributed by atoms with Crippen molar-refractivity contribution in [2.24, 2.45) is 0 Å². The quantitative estimate of drug-likeness (QED) is 0.569. The van der Waals surface area contributed by atoms with Gasteiger partial charge >= 0.3 is 0 Å². The highest BCUT2D eigenvalue weighted by atomic mass is 16.3. The first kappa shape index (κ1) is 7.03. The number of rotatable bonds is 2. The maximum absolute atomic E-state index is 9.30. The van der Waals surface area contributed by atoms with Crippen LogP contribution >= 0.6 is 0 Å². The zero-order valence-electron chi connectivity index (χ0n) is 5.93. The van der Waals surface area contributed by atoms with Crippen LogP contribution < -0.4 is 5.32 Å². The number of aliphatic hydroxyl groups is 1. The molecule has 9 heavy (non-hydrogen) atoms. The molecule has 1 heterocycles. The summed E-state index contributed by atoms with van der Waals surface area (Å²) in [6, 6.07) is 0.384. The average Bonchev–Trinajstić information content (AvgIpc) is 2.37. The standard InChI is InChI=1S/C7H15NO/c1-2-7(9)6-4-3-5-8-6/h6-9H,2-5H2,1H3/t6-,7-/m1/s1. The molecule has 0 aromatic heterocycles. The van der Waals surface area contributed by atoms with E-state index in [0.29, 0.717) is 6.04 Å². The summed E-state index contributed by atoms with van der Waals surface area (Å²) >= 11 is 0. The number of hydrogen-bond acceptors (Lipinski definition) is 2. The molecule has 1 saturated heterocycles. The van der Waals surface area contributed by atoms with E-state index in [9.17, 15) is 5.11 Å². The van der Waals surface area contributed by atoms with Gasteiger partial charge in [0.25, 0.3) is 0 Å². The van der Waals surface area contributed by atoms with Crippen molar-refractivity contribution in [3.8, 4) is 0 Å². The van der Waals surface area contributed by atoms with Crippen molar-refractivity contribution in [2.75, 3.05) is 6.54 Å². The lowest BCUT2D eigenvalue weighted by atomic mass is 10.1. The number of hydrogen-bond donors (Lipinski definition) is 2. The summed E-state index contributed by atoms with van der Waals surface area (Å²) in [5.74, 6) is 0. The van der Waals surface area contributed by atoms with Crippen molar-refractivity contribution in [3.05, 3.63) is 0 Å². The number of nitrogens with one attached hydrogen (secondary N) is 1. The van der Waals surface area contributed by atoms with Crippen molar-refractivity contribution in [3.63, 3.8) is 0 Å². The van der Waals surface area contributed by atoms with Gasteiger partial charge in [0.1, 0.15) is 0 Å². The maximum atomic E-state index is 9.30. The van der Waals surface area contributed by atoms with Crippen LogP contribution in [0.1, 0.15) is 26.2 Å². The lowest BCUT2D eigenvalue weighted by molar-refractivity contribution is 0.132. The molecular weight excluding hydrogens is 114 g/mol. The van der Waals surface area contributed by atoms with Crippen LogP contribution in [0.25, 0.3) is 0 Å². The van der Waals surface area contributed by atoms with Crippen molar-refractivity contribution >= 4 is 0 Å². The van der Waals surface area contributed by atoms with Crippen LogP contribution in [0.15, 0.2) is 0 Å². The molecule has 1 fully saturated rings. The fraction of sp³-hybridized carbons (Fsp3) is 1.00. The van der Waals surface area contributed by atoms with Gasteiger partial charge in [-0.2, -0.15) is 0 Å². The van der Waals surface area contributed by atoms with E-state index in [4.69, 9.17) is 0 Å². The average molecular weight is 129 g/mol. The zero-order chi connectivity index (χ0) is 6.69. The smallest absolute Gasteiger partial charge is 0.0690 e. The lowest BCUT2D eigenvalue weighted by Gasteiger charge is -2.15. The van der Waals surface area contributed by atoms with Gasteiger partial charge in [0.15, 0.2) is 0 Å². The van der Waals surface area contributed by atoms with E-state index in [-0.39, 0.29) is 6.10 Å². The Morgan fingerprint density at radius 3 is 3.00 bits per heavy atom. The normalized spacial score (nSPS) is 30.7. The predicted octanol–water partition coefficient (Wildman–Crippen LogP) is 0.509. The van der Waals surface area contributed by atoms with Gasteiger partial charge in [0, 0.05) is 6.04 Å². The summed E-state index contributed by atoms with van der Waals surface area (Å²) in [7, 11) is 0. The van der Waals surface area contributed by atoms with E-state index < -0.39 is 0 Å². The van der Waals surface area contributed by atoms with E-state index in [1.807, 2.05) is 6.92 Å². The Morgan fingerprint density at radius 2 is 2.56 bits per heavy atom. The highest BCUT2D eigenvalue weighted by Gasteiger charge is 2.20. The summed E-state index contributed by atoms with van der Waals surface area (Å²) in [6.45, 7) is 3.10. The first-order chi connectivity index (χ1) is 4.34. The Bertz CT molecular complexity index is 79.0. The molecule has 0 aliphatic carbocycles. The topological polar surface area (TPSA) is 32.3 Å². The zero-order valence-corrected chi connectivity index (χ0v) is 5.93. The molecular formula is C7H15NO. The molecule has 0 spiro atoms. The van der Waals surface area contributed by atoms with Crippen molar-refractivity contribution < 1.29 is 5.11 Å². The molecule has 0 unspecified atom stereocenters. The molecule has 2 N–H and O–H groups in total. The van der Waals surface area contributed by atoms with Gasteiger partial charge in [0.05, 0.1) is 6.10 Å². The van der Waals surface area contributed by atoms with Crippen LogP contribution in [0.3, 0.4) is 0 Å². The molecule has 2 nitrogen and oxygen atoms in total. The Balaban J connectivity index is 2.24. The summed E-state index contributed by atoms with van der Waals surface area (Å²) < 4.78 is 0. The molecule has 0 saturated carbocycles. The van der Waals surface area contributed by atoms with Crippen molar-refractivity contribution in [1.29, 1.82) is 0 Å².